The summed E-state index contributed by atoms with van der Waals surface area (Å²) in [7, 11) is 0. The first-order valence-corrected chi connectivity index (χ1v) is 6.87. The molecule has 1 aromatic carbocycles. The number of aromatic amines is 1. The van der Waals surface area contributed by atoms with Crippen molar-refractivity contribution in [2.24, 2.45) is 0 Å². The Labute approximate surface area is 117 Å². The van der Waals surface area contributed by atoms with E-state index in [9.17, 15) is 0 Å². The fraction of sp³-hybridized carbons (Fsp3) is 0.333. The zero-order valence-corrected chi connectivity index (χ0v) is 11.9. The zero-order valence-electron chi connectivity index (χ0n) is 11.1. The van der Waals surface area contributed by atoms with Gasteiger partial charge in [0, 0.05) is 22.7 Å². The molecule has 1 N–H and O–H groups in total. The summed E-state index contributed by atoms with van der Waals surface area (Å²) >= 11 is 5.33. The van der Waals surface area contributed by atoms with Crippen LogP contribution >= 0.6 is 12.2 Å². The maximum absolute atomic E-state index is 5.69. The van der Waals surface area contributed by atoms with Crippen LogP contribution in [0.3, 0.4) is 0 Å². The molecule has 0 saturated carbocycles. The number of aromatic nitrogens is 2. The number of benzene rings is 1. The van der Waals surface area contributed by atoms with Crippen molar-refractivity contribution < 1.29 is 4.74 Å². The molecule has 1 atom stereocenters. The molecule has 0 bridgehead atoms. The van der Waals surface area contributed by atoms with Crippen molar-refractivity contribution in [3.63, 3.8) is 0 Å². The number of nitrogens with one attached hydrogen (secondary N) is 1. The SMILES string of the molecule is Cc1[nH]c(C2CCOc3ccccc32)nc(=S)c1C. The minimum absolute atomic E-state index is 0.242. The van der Waals surface area contributed by atoms with Crippen LogP contribution in [0.5, 0.6) is 5.75 Å². The van der Waals surface area contributed by atoms with Gasteiger partial charge in [0.15, 0.2) is 0 Å². The van der Waals surface area contributed by atoms with E-state index < -0.39 is 0 Å². The highest BCUT2D eigenvalue weighted by Crippen LogP contribution is 2.36. The first-order chi connectivity index (χ1) is 9.16. The van der Waals surface area contributed by atoms with Crippen molar-refractivity contribution in [1.29, 1.82) is 0 Å². The second-order valence-corrected chi connectivity index (χ2v) is 5.29. The Balaban J connectivity index is 2.12. The average molecular weight is 272 g/mol. The Morgan fingerprint density at radius 1 is 1.32 bits per heavy atom. The van der Waals surface area contributed by atoms with Crippen molar-refractivity contribution in [2.45, 2.75) is 26.2 Å². The molecule has 1 aliphatic rings. The van der Waals surface area contributed by atoms with Gasteiger partial charge < -0.3 is 9.72 Å². The van der Waals surface area contributed by atoms with E-state index in [0.717, 1.165) is 35.9 Å². The number of H-pyrrole nitrogens is 1. The third kappa shape index (κ3) is 2.16. The van der Waals surface area contributed by atoms with Crippen LogP contribution in [0.2, 0.25) is 0 Å². The highest BCUT2D eigenvalue weighted by Gasteiger charge is 2.24. The lowest BCUT2D eigenvalue weighted by molar-refractivity contribution is 0.274. The summed E-state index contributed by atoms with van der Waals surface area (Å²) in [5.74, 6) is 2.15. The smallest absolute Gasteiger partial charge is 0.132 e. The van der Waals surface area contributed by atoms with Gasteiger partial charge in [-0.2, -0.15) is 0 Å². The monoisotopic (exact) mass is 272 g/mol. The summed E-state index contributed by atoms with van der Waals surface area (Å²) in [6.07, 6.45) is 0.928. The number of ether oxygens (including phenoxy) is 1. The quantitative estimate of drug-likeness (QED) is 0.805. The van der Waals surface area contributed by atoms with E-state index in [1.54, 1.807) is 0 Å². The Bertz CT molecular complexity index is 678. The first kappa shape index (κ1) is 12.4. The number of aryl methyl sites for hydroxylation is 1. The number of hydrogen-bond donors (Lipinski definition) is 1. The number of hydrogen-bond acceptors (Lipinski definition) is 3. The molecule has 2 aromatic rings. The number of fused-ring (bicyclic) bond motifs is 1. The molecule has 0 saturated heterocycles. The molecule has 19 heavy (non-hydrogen) atoms. The second kappa shape index (κ2) is 4.78. The van der Waals surface area contributed by atoms with E-state index in [2.05, 4.69) is 16.0 Å². The van der Waals surface area contributed by atoms with Gasteiger partial charge in [-0.1, -0.05) is 30.4 Å². The van der Waals surface area contributed by atoms with Gasteiger partial charge >= 0.3 is 0 Å². The van der Waals surface area contributed by atoms with Crippen molar-refractivity contribution in [3.05, 3.63) is 51.6 Å². The summed E-state index contributed by atoms with van der Waals surface area (Å²) in [6, 6.07) is 8.15. The predicted octanol–water partition coefficient (Wildman–Crippen LogP) is 3.67. The van der Waals surface area contributed by atoms with E-state index in [4.69, 9.17) is 17.0 Å². The van der Waals surface area contributed by atoms with Gasteiger partial charge in [0.2, 0.25) is 0 Å². The Morgan fingerprint density at radius 2 is 2.11 bits per heavy atom. The molecule has 0 spiro atoms. The minimum Gasteiger partial charge on any atom is -0.493 e. The average Bonchev–Trinajstić information content (AvgIpc) is 2.43. The summed E-state index contributed by atoms with van der Waals surface area (Å²) in [5.41, 5.74) is 3.34. The van der Waals surface area contributed by atoms with Gasteiger partial charge in [-0.3, -0.25) is 0 Å². The number of para-hydroxylation sites is 1. The van der Waals surface area contributed by atoms with Crippen molar-refractivity contribution in [2.75, 3.05) is 6.61 Å². The summed E-state index contributed by atoms with van der Waals surface area (Å²) in [4.78, 5) is 7.95. The lowest BCUT2D eigenvalue weighted by Crippen LogP contribution is -2.18. The molecule has 3 nitrogen and oxygen atoms in total. The molecule has 0 aliphatic carbocycles. The van der Waals surface area contributed by atoms with Crippen LogP contribution in [0.4, 0.5) is 0 Å². The third-order valence-electron chi connectivity index (χ3n) is 3.71. The molecule has 98 valence electrons. The van der Waals surface area contributed by atoms with Crippen LogP contribution in [-0.2, 0) is 0 Å². The van der Waals surface area contributed by atoms with Crippen molar-refractivity contribution >= 4 is 12.2 Å². The summed E-state index contributed by atoms with van der Waals surface area (Å²) in [5, 5.41) is 0. The molecule has 0 fully saturated rings. The number of rotatable bonds is 1. The van der Waals surface area contributed by atoms with Crippen molar-refractivity contribution in [1.82, 2.24) is 9.97 Å². The molecule has 1 unspecified atom stereocenters. The van der Waals surface area contributed by atoms with Gasteiger partial charge in [-0.15, -0.1) is 0 Å². The first-order valence-electron chi connectivity index (χ1n) is 6.46. The molecule has 0 amide bonds. The molecule has 4 heteroatoms. The van der Waals surface area contributed by atoms with Gasteiger partial charge in [0.05, 0.1) is 6.61 Å². The molecular formula is C15H16N2OS. The Kier molecular flexibility index (Phi) is 3.11. The lowest BCUT2D eigenvalue weighted by Gasteiger charge is -2.25. The highest BCUT2D eigenvalue weighted by molar-refractivity contribution is 7.71. The van der Waals surface area contributed by atoms with Gasteiger partial charge in [0.1, 0.15) is 16.2 Å². The molecule has 1 aromatic heterocycles. The molecule has 3 rings (SSSR count). The normalized spacial score (nSPS) is 17.7. The molecular weight excluding hydrogens is 256 g/mol. The maximum Gasteiger partial charge on any atom is 0.132 e. The summed E-state index contributed by atoms with van der Waals surface area (Å²) in [6.45, 7) is 4.77. The summed E-state index contributed by atoms with van der Waals surface area (Å²) < 4.78 is 6.38. The largest absolute Gasteiger partial charge is 0.493 e. The molecule has 1 aliphatic heterocycles. The van der Waals surface area contributed by atoms with Crippen LogP contribution in [0.25, 0.3) is 0 Å². The van der Waals surface area contributed by atoms with E-state index in [1.165, 1.54) is 5.56 Å². The van der Waals surface area contributed by atoms with E-state index in [1.807, 2.05) is 32.0 Å². The fourth-order valence-corrected chi connectivity index (χ4v) is 2.71. The Hall–Kier alpha value is -1.68. The molecule has 2 heterocycles. The van der Waals surface area contributed by atoms with Crippen LogP contribution in [0.1, 0.15) is 35.0 Å². The highest BCUT2D eigenvalue weighted by atomic mass is 32.1. The van der Waals surface area contributed by atoms with Gasteiger partial charge in [-0.25, -0.2) is 4.98 Å². The van der Waals surface area contributed by atoms with Crippen LogP contribution in [0.15, 0.2) is 24.3 Å². The zero-order chi connectivity index (χ0) is 13.4. The lowest BCUT2D eigenvalue weighted by atomic mass is 9.92. The van der Waals surface area contributed by atoms with Crippen LogP contribution in [0, 0.1) is 18.5 Å². The number of nitrogens with zero attached hydrogens (tertiary/aromatic N) is 1. The fourth-order valence-electron chi connectivity index (χ4n) is 2.46. The van der Waals surface area contributed by atoms with Gasteiger partial charge in [-0.05, 0) is 26.3 Å². The van der Waals surface area contributed by atoms with Crippen LogP contribution in [-0.4, -0.2) is 16.6 Å². The third-order valence-corrected chi connectivity index (χ3v) is 4.11. The molecule has 0 radical (unpaired) electrons. The maximum atomic E-state index is 5.69. The predicted molar refractivity (Wildman–Crippen MR) is 77.3 cm³/mol. The van der Waals surface area contributed by atoms with E-state index in [-0.39, 0.29) is 5.92 Å². The Morgan fingerprint density at radius 3 is 2.89 bits per heavy atom. The second-order valence-electron chi connectivity index (χ2n) is 4.90. The van der Waals surface area contributed by atoms with E-state index >= 15 is 0 Å². The minimum atomic E-state index is 0.242. The van der Waals surface area contributed by atoms with Gasteiger partial charge in [0.25, 0.3) is 0 Å². The topological polar surface area (TPSA) is 37.9 Å². The van der Waals surface area contributed by atoms with E-state index in [0.29, 0.717) is 4.64 Å². The van der Waals surface area contributed by atoms with Crippen LogP contribution < -0.4 is 4.74 Å². The standard InChI is InChI=1S/C15H16N2OS/c1-9-10(2)16-14(17-15(9)19)12-7-8-18-13-6-4-3-5-11(12)13/h3-6,12H,7-8H2,1-2H3,(H,16,17,19). The van der Waals surface area contributed by atoms with Crippen molar-refractivity contribution in [3.8, 4) is 5.75 Å².